The van der Waals surface area contributed by atoms with Crippen molar-refractivity contribution in [3.8, 4) is 0 Å². The third-order valence-electron chi connectivity index (χ3n) is 2.23. The van der Waals surface area contributed by atoms with Crippen LogP contribution in [0.3, 0.4) is 0 Å². The molecule has 0 heterocycles. The minimum atomic E-state index is -0.788. The van der Waals surface area contributed by atoms with E-state index < -0.39 is 17.5 Å². The number of rotatable bonds is 1. The van der Waals surface area contributed by atoms with E-state index in [9.17, 15) is 4.79 Å². The standard InChI is InChI=1S/C7H12O3/c1-7(6(9)10)3-2-5(8)4-7/h5,8H,2-4H2,1H3,(H,9,10)/t5-,7-/m1/s1. The summed E-state index contributed by atoms with van der Waals surface area (Å²) in [6.07, 6.45) is 1.23. The van der Waals surface area contributed by atoms with Gasteiger partial charge in [-0.2, -0.15) is 0 Å². The van der Waals surface area contributed by atoms with Crippen molar-refractivity contribution in [2.75, 3.05) is 0 Å². The van der Waals surface area contributed by atoms with Gasteiger partial charge in [0.2, 0.25) is 0 Å². The molecule has 1 aliphatic carbocycles. The van der Waals surface area contributed by atoms with Gasteiger partial charge < -0.3 is 10.2 Å². The van der Waals surface area contributed by atoms with Crippen LogP contribution in [0.4, 0.5) is 0 Å². The van der Waals surface area contributed by atoms with Gasteiger partial charge in [-0.05, 0) is 26.2 Å². The molecule has 1 aliphatic rings. The molecule has 1 rings (SSSR count). The molecule has 0 saturated heterocycles. The van der Waals surface area contributed by atoms with Crippen LogP contribution in [0.5, 0.6) is 0 Å². The zero-order valence-corrected chi connectivity index (χ0v) is 6.00. The lowest BCUT2D eigenvalue weighted by molar-refractivity contribution is -0.147. The third kappa shape index (κ3) is 1.14. The van der Waals surface area contributed by atoms with Crippen molar-refractivity contribution in [2.24, 2.45) is 5.41 Å². The average molecular weight is 144 g/mol. The predicted molar refractivity (Wildman–Crippen MR) is 35.6 cm³/mol. The molecule has 0 bridgehead atoms. The van der Waals surface area contributed by atoms with Crippen molar-refractivity contribution in [2.45, 2.75) is 32.3 Å². The van der Waals surface area contributed by atoms with Crippen molar-refractivity contribution >= 4 is 5.97 Å². The Morgan fingerprint density at radius 2 is 2.30 bits per heavy atom. The fourth-order valence-electron chi connectivity index (χ4n) is 1.40. The Hall–Kier alpha value is -0.570. The summed E-state index contributed by atoms with van der Waals surface area (Å²) in [4.78, 5) is 10.6. The molecular formula is C7H12O3. The zero-order chi connectivity index (χ0) is 7.78. The molecule has 0 spiro atoms. The Bertz CT molecular complexity index is 155. The molecule has 0 unspecified atom stereocenters. The summed E-state index contributed by atoms with van der Waals surface area (Å²) < 4.78 is 0. The second-order valence-corrected chi connectivity index (χ2v) is 3.26. The molecule has 0 aromatic rings. The summed E-state index contributed by atoms with van der Waals surface area (Å²) in [6, 6.07) is 0. The number of carbonyl (C=O) groups is 1. The quantitative estimate of drug-likeness (QED) is 0.567. The highest BCUT2D eigenvalue weighted by Gasteiger charge is 2.40. The highest BCUT2D eigenvalue weighted by molar-refractivity contribution is 5.74. The molecule has 0 aromatic heterocycles. The van der Waals surface area contributed by atoms with E-state index in [-0.39, 0.29) is 0 Å². The largest absolute Gasteiger partial charge is 0.481 e. The first-order valence-corrected chi connectivity index (χ1v) is 3.46. The van der Waals surface area contributed by atoms with E-state index in [4.69, 9.17) is 10.2 Å². The van der Waals surface area contributed by atoms with Crippen molar-refractivity contribution < 1.29 is 15.0 Å². The summed E-state index contributed by atoms with van der Waals surface area (Å²) in [5.41, 5.74) is -0.667. The maximum absolute atomic E-state index is 10.6. The minimum absolute atomic E-state index is 0.402. The lowest BCUT2D eigenvalue weighted by Gasteiger charge is -2.16. The van der Waals surface area contributed by atoms with Crippen LogP contribution in [0, 0.1) is 5.41 Å². The average Bonchev–Trinajstić information content (AvgIpc) is 2.13. The molecule has 0 amide bonds. The van der Waals surface area contributed by atoms with E-state index in [1.165, 1.54) is 0 Å². The maximum Gasteiger partial charge on any atom is 0.309 e. The fraction of sp³-hybridized carbons (Fsp3) is 0.857. The number of aliphatic carboxylic acids is 1. The molecule has 58 valence electrons. The Balaban J connectivity index is 2.63. The van der Waals surface area contributed by atoms with Crippen molar-refractivity contribution in [1.29, 1.82) is 0 Å². The van der Waals surface area contributed by atoms with Gasteiger partial charge in [0.1, 0.15) is 0 Å². The molecule has 3 nitrogen and oxygen atoms in total. The number of carboxylic acids is 1. The van der Waals surface area contributed by atoms with E-state index in [2.05, 4.69) is 0 Å². The van der Waals surface area contributed by atoms with Crippen LogP contribution < -0.4 is 0 Å². The summed E-state index contributed by atoms with van der Waals surface area (Å²) >= 11 is 0. The number of hydrogen-bond donors (Lipinski definition) is 2. The van der Waals surface area contributed by atoms with E-state index in [1.807, 2.05) is 0 Å². The molecule has 2 N–H and O–H groups in total. The second kappa shape index (κ2) is 2.23. The van der Waals surface area contributed by atoms with Gasteiger partial charge in [-0.1, -0.05) is 0 Å². The highest BCUT2D eigenvalue weighted by atomic mass is 16.4. The second-order valence-electron chi connectivity index (χ2n) is 3.26. The molecular weight excluding hydrogens is 132 g/mol. The van der Waals surface area contributed by atoms with Gasteiger partial charge in [-0.25, -0.2) is 0 Å². The first-order chi connectivity index (χ1) is 4.54. The molecule has 1 fully saturated rings. The van der Waals surface area contributed by atoms with Crippen LogP contribution in [0.25, 0.3) is 0 Å². The molecule has 1 saturated carbocycles. The van der Waals surface area contributed by atoms with Crippen LogP contribution in [0.15, 0.2) is 0 Å². The molecule has 3 heteroatoms. The van der Waals surface area contributed by atoms with Crippen LogP contribution >= 0.6 is 0 Å². The first-order valence-electron chi connectivity index (χ1n) is 3.46. The maximum atomic E-state index is 10.6. The van der Waals surface area contributed by atoms with Gasteiger partial charge in [-0.15, -0.1) is 0 Å². The van der Waals surface area contributed by atoms with Crippen molar-refractivity contribution in [3.05, 3.63) is 0 Å². The Morgan fingerprint density at radius 3 is 2.50 bits per heavy atom. The van der Waals surface area contributed by atoms with Crippen LogP contribution in [-0.4, -0.2) is 22.3 Å². The first kappa shape index (κ1) is 7.54. The van der Waals surface area contributed by atoms with Gasteiger partial charge in [0.15, 0.2) is 0 Å². The van der Waals surface area contributed by atoms with Gasteiger partial charge >= 0.3 is 5.97 Å². The predicted octanol–water partition coefficient (Wildman–Crippen LogP) is 0.622. The lowest BCUT2D eigenvalue weighted by Crippen LogP contribution is -2.24. The van der Waals surface area contributed by atoms with Crippen LogP contribution in [0.2, 0.25) is 0 Å². The Kier molecular flexibility index (Phi) is 1.68. The van der Waals surface area contributed by atoms with E-state index in [0.717, 1.165) is 0 Å². The summed E-state index contributed by atoms with van der Waals surface area (Å²) in [7, 11) is 0. The number of carboxylic acid groups (broad SMARTS) is 1. The minimum Gasteiger partial charge on any atom is -0.481 e. The summed E-state index contributed by atoms with van der Waals surface area (Å²) in [5.74, 6) is -0.788. The van der Waals surface area contributed by atoms with E-state index >= 15 is 0 Å². The number of aliphatic hydroxyl groups excluding tert-OH is 1. The summed E-state index contributed by atoms with van der Waals surface area (Å²) in [6.45, 7) is 1.69. The van der Waals surface area contributed by atoms with Gasteiger partial charge in [-0.3, -0.25) is 4.79 Å². The normalized spacial score (nSPS) is 40.0. The molecule has 10 heavy (non-hydrogen) atoms. The van der Waals surface area contributed by atoms with Crippen molar-refractivity contribution in [3.63, 3.8) is 0 Å². The monoisotopic (exact) mass is 144 g/mol. The van der Waals surface area contributed by atoms with Gasteiger partial charge in [0.25, 0.3) is 0 Å². The summed E-state index contributed by atoms with van der Waals surface area (Å²) in [5, 5.41) is 17.7. The Morgan fingerprint density at radius 1 is 1.70 bits per heavy atom. The Labute approximate surface area is 59.7 Å². The topological polar surface area (TPSA) is 57.5 Å². The van der Waals surface area contributed by atoms with Crippen molar-refractivity contribution in [1.82, 2.24) is 0 Å². The molecule has 2 atom stereocenters. The SMILES string of the molecule is C[C@@]1(C(=O)O)CC[C@@H](O)C1. The molecule has 0 aromatic carbocycles. The number of hydrogen-bond acceptors (Lipinski definition) is 2. The van der Waals surface area contributed by atoms with E-state index in [0.29, 0.717) is 19.3 Å². The van der Waals surface area contributed by atoms with Gasteiger partial charge in [0, 0.05) is 0 Å². The van der Waals surface area contributed by atoms with Crippen LogP contribution in [-0.2, 0) is 4.79 Å². The van der Waals surface area contributed by atoms with Crippen LogP contribution in [0.1, 0.15) is 26.2 Å². The zero-order valence-electron chi connectivity index (χ0n) is 6.00. The third-order valence-corrected chi connectivity index (χ3v) is 2.23. The highest BCUT2D eigenvalue weighted by Crippen LogP contribution is 2.37. The lowest BCUT2D eigenvalue weighted by atomic mass is 9.89. The number of aliphatic hydroxyl groups is 1. The fourth-order valence-corrected chi connectivity index (χ4v) is 1.40. The molecule has 0 radical (unpaired) electrons. The van der Waals surface area contributed by atoms with E-state index in [1.54, 1.807) is 6.92 Å². The smallest absolute Gasteiger partial charge is 0.309 e. The molecule has 0 aliphatic heterocycles. The van der Waals surface area contributed by atoms with Gasteiger partial charge in [0.05, 0.1) is 11.5 Å².